The molecule has 0 saturated carbocycles. The number of carbonyl (C=O) groups is 1. The molecule has 3 rings (SSSR count). The zero-order valence-corrected chi connectivity index (χ0v) is 13.9. The first-order valence-electron chi connectivity index (χ1n) is 7.80. The molecular weight excluding hydrogens is 328 g/mol. The third kappa shape index (κ3) is 4.47. The topological polar surface area (TPSA) is 59.6 Å². The van der Waals surface area contributed by atoms with Crippen molar-refractivity contribution in [2.45, 2.75) is 12.6 Å². The van der Waals surface area contributed by atoms with Gasteiger partial charge in [0.2, 0.25) is 0 Å². The van der Waals surface area contributed by atoms with Crippen LogP contribution in [0.25, 0.3) is 0 Å². The van der Waals surface area contributed by atoms with Crippen LogP contribution in [0.3, 0.4) is 0 Å². The summed E-state index contributed by atoms with van der Waals surface area (Å²) >= 11 is 5.90. The van der Waals surface area contributed by atoms with Gasteiger partial charge >= 0.3 is 0 Å². The number of nitrogens with one attached hydrogen (secondary N) is 2. The second kappa shape index (κ2) is 8.15. The van der Waals surface area contributed by atoms with Gasteiger partial charge in [0.25, 0.3) is 5.91 Å². The molecule has 2 aromatic rings. The predicted molar refractivity (Wildman–Crippen MR) is 94.4 cm³/mol. The summed E-state index contributed by atoms with van der Waals surface area (Å²) in [7, 11) is 0. The molecule has 1 saturated heterocycles. The van der Waals surface area contributed by atoms with Gasteiger partial charge in [0.1, 0.15) is 0 Å². The number of halogens is 1. The molecule has 2 aromatic carbocycles. The summed E-state index contributed by atoms with van der Waals surface area (Å²) in [6, 6.07) is 15.2. The lowest BCUT2D eigenvalue weighted by atomic mass is 10.2. The third-order valence-electron chi connectivity index (χ3n) is 3.69. The van der Waals surface area contributed by atoms with Crippen LogP contribution in [0.5, 0.6) is 0 Å². The van der Waals surface area contributed by atoms with Gasteiger partial charge < -0.3 is 20.1 Å². The maximum absolute atomic E-state index is 12.3. The van der Waals surface area contributed by atoms with Crippen molar-refractivity contribution in [3.05, 3.63) is 59.1 Å². The van der Waals surface area contributed by atoms with E-state index in [1.165, 1.54) is 0 Å². The molecule has 1 amide bonds. The third-order valence-corrected chi connectivity index (χ3v) is 3.94. The van der Waals surface area contributed by atoms with Crippen molar-refractivity contribution in [1.82, 2.24) is 0 Å². The Balaban J connectivity index is 1.63. The first kappa shape index (κ1) is 16.8. The number of amides is 1. The SMILES string of the molecule is O=C(Nc1ccccc1NCc1ccc(Cl)cc1)[C@H]1COCCO1. The number of benzene rings is 2. The monoisotopic (exact) mass is 346 g/mol. The average Bonchev–Trinajstić information content (AvgIpc) is 2.63. The quantitative estimate of drug-likeness (QED) is 0.872. The van der Waals surface area contributed by atoms with E-state index in [1.54, 1.807) is 0 Å². The first-order chi connectivity index (χ1) is 11.7. The van der Waals surface area contributed by atoms with Crippen molar-refractivity contribution in [2.24, 2.45) is 0 Å². The highest BCUT2D eigenvalue weighted by Crippen LogP contribution is 2.22. The van der Waals surface area contributed by atoms with Gasteiger partial charge in [-0.3, -0.25) is 4.79 Å². The minimum absolute atomic E-state index is 0.199. The Labute approximate surface area is 145 Å². The molecule has 126 valence electrons. The second-order valence-corrected chi connectivity index (χ2v) is 5.89. The second-order valence-electron chi connectivity index (χ2n) is 5.45. The maximum atomic E-state index is 12.3. The minimum Gasteiger partial charge on any atom is -0.379 e. The van der Waals surface area contributed by atoms with Gasteiger partial charge in [-0.05, 0) is 29.8 Å². The molecule has 0 spiro atoms. The number of carbonyl (C=O) groups excluding carboxylic acids is 1. The lowest BCUT2D eigenvalue weighted by Gasteiger charge is -2.22. The fourth-order valence-corrected chi connectivity index (χ4v) is 2.52. The van der Waals surface area contributed by atoms with Crippen LogP contribution < -0.4 is 10.6 Å². The zero-order chi connectivity index (χ0) is 16.8. The number of hydrogen-bond acceptors (Lipinski definition) is 4. The Hall–Kier alpha value is -2.08. The first-order valence-corrected chi connectivity index (χ1v) is 8.18. The number of para-hydroxylation sites is 2. The molecule has 1 atom stereocenters. The van der Waals surface area contributed by atoms with Crippen molar-refractivity contribution in [3.63, 3.8) is 0 Å². The summed E-state index contributed by atoms with van der Waals surface area (Å²) < 4.78 is 10.7. The van der Waals surface area contributed by atoms with E-state index in [0.717, 1.165) is 11.3 Å². The van der Waals surface area contributed by atoms with Crippen LogP contribution in [0, 0.1) is 0 Å². The van der Waals surface area contributed by atoms with E-state index in [-0.39, 0.29) is 12.5 Å². The summed E-state index contributed by atoms with van der Waals surface area (Å²) in [6.07, 6.45) is -0.567. The van der Waals surface area contributed by atoms with E-state index in [1.807, 2.05) is 48.5 Å². The predicted octanol–water partition coefficient (Wildman–Crippen LogP) is 3.31. The fourth-order valence-electron chi connectivity index (χ4n) is 2.40. The van der Waals surface area contributed by atoms with Crippen molar-refractivity contribution in [2.75, 3.05) is 30.5 Å². The van der Waals surface area contributed by atoms with Crippen molar-refractivity contribution in [1.29, 1.82) is 0 Å². The van der Waals surface area contributed by atoms with E-state index in [4.69, 9.17) is 21.1 Å². The minimum atomic E-state index is -0.567. The largest absolute Gasteiger partial charge is 0.379 e. The molecule has 24 heavy (non-hydrogen) atoms. The van der Waals surface area contributed by atoms with Gasteiger partial charge in [0.05, 0.1) is 31.2 Å². The van der Waals surface area contributed by atoms with Crippen LogP contribution in [-0.2, 0) is 20.8 Å². The Morgan fingerprint density at radius 1 is 1.08 bits per heavy atom. The van der Waals surface area contributed by atoms with E-state index < -0.39 is 6.10 Å². The molecule has 5 nitrogen and oxygen atoms in total. The molecule has 0 aromatic heterocycles. The molecule has 1 aliphatic rings. The van der Waals surface area contributed by atoms with Gasteiger partial charge in [0, 0.05) is 11.6 Å². The van der Waals surface area contributed by atoms with Crippen molar-refractivity contribution in [3.8, 4) is 0 Å². The smallest absolute Gasteiger partial charge is 0.255 e. The molecule has 2 N–H and O–H groups in total. The standard InChI is InChI=1S/C18H19ClN2O3/c19-14-7-5-13(6-8-14)11-20-15-3-1-2-4-16(15)21-18(22)17-12-23-9-10-24-17/h1-8,17,20H,9-12H2,(H,21,22)/t17-/m1/s1. The lowest BCUT2D eigenvalue weighted by Crippen LogP contribution is -2.39. The van der Waals surface area contributed by atoms with Crippen LogP contribution in [0.1, 0.15) is 5.56 Å². The summed E-state index contributed by atoms with van der Waals surface area (Å²) in [5, 5.41) is 6.93. The van der Waals surface area contributed by atoms with Crippen LogP contribution in [-0.4, -0.2) is 31.8 Å². The normalized spacial score (nSPS) is 17.3. The van der Waals surface area contributed by atoms with E-state index in [2.05, 4.69) is 10.6 Å². The summed E-state index contributed by atoms with van der Waals surface area (Å²) in [5.41, 5.74) is 2.66. The Morgan fingerprint density at radius 3 is 2.54 bits per heavy atom. The van der Waals surface area contributed by atoms with Crippen molar-refractivity contribution >= 4 is 28.9 Å². The summed E-state index contributed by atoms with van der Waals surface area (Å²) in [4.78, 5) is 12.3. The molecule has 0 aliphatic carbocycles. The molecule has 0 bridgehead atoms. The lowest BCUT2D eigenvalue weighted by molar-refractivity contribution is -0.142. The molecule has 0 radical (unpaired) electrons. The molecule has 1 fully saturated rings. The fraction of sp³-hybridized carbons (Fsp3) is 0.278. The summed E-state index contributed by atoms with van der Waals surface area (Å²) in [6.45, 7) is 1.89. The Kier molecular flexibility index (Phi) is 5.69. The summed E-state index contributed by atoms with van der Waals surface area (Å²) in [5.74, 6) is -0.199. The zero-order valence-electron chi connectivity index (χ0n) is 13.1. The Morgan fingerprint density at radius 2 is 1.83 bits per heavy atom. The van der Waals surface area contributed by atoms with Crippen LogP contribution in [0.2, 0.25) is 5.02 Å². The van der Waals surface area contributed by atoms with Gasteiger partial charge in [0.15, 0.2) is 6.10 Å². The van der Waals surface area contributed by atoms with E-state index in [0.29, 0.717) is 30.5 Å². The van der Waals surface area contributed by atoms with Crippen molar-refractivity contribution < 1.29 is 14.3 Å². The highest BCUT2D eigenvalue weighted by molar-refractivity contribution is 6.30. The Bertz CT molecular complexity index is 685. The van der Waals surface area contributed by atoms with E-state index in [9.17, 15) is 4.79 Å². The average molecular weight is 347 g/mol. The van der Waals surface area contributed by atoms with Gasteiger partial charge in [-0.2, -0.15) is 0 Å². The molecule has 1 heterocycles. The molecule has 1 aliphatic heterocycles. The number of ether oxygens (including phenoxy) is 2. The molecular formula is C18H19ClN2O3. The number of hydrogen-bond donors (Lipinski definition) is 2. The highest BCUT2D eigenvalue weighted by Gasteiger charge is 2.23. The van der Waals surface area contributed by atoms with Gasteiger partial charge in [-0.25, -0.2) is 0 Å². The number of anilines is 2. The number of rotatable bonds is 5. The van der Waals surface area contributed by atoms with Gasteiger partial charge in [-0.1, -0.05) is 35.9 Å². The van der Waals surface area contributed by atoms with Crippen LogP contribution >= 0.6 is 11.6 Å². The maximum Gasteiger partial charge on any atom is 0.255 e. The molecule has 0 unspecified atom stereocenters. The molecule has 6 heteroatoms. The van der Waals surface area contributed by atoms with Gasteiger partial charge in [-0.15, -0.1) is 0 Å². The van der Waals surface area contributed by atoms with Crippen LogP contribution in [0.15, 0.2) is 48.5 Å². The highest BCUT2D eigenvalue weighted by atomic mass is 35.5. The van der Waals surface area contributed by atoms with Crippen LogP contribution in [0.4, 0.5) is 11.4 Å². The van der Waals surface area contributed by atoms with E-state index >= 15 is 0 Å².